The summed E-state index contributed by atoms with van der Waals surface area (Å²) in [6.07, 6.45) is 0. The maximum atomic E-state index is 12.6. The number of nitrogens with one attached hydrogen (secondary N) is 1. The molecule has 1 amide bonds. The molecule has 3 aromatic carbocycles. The average Bonchev–Trinajstić information content (AvgIpc) is 3.00. The van der Waals surface area contributed by atoms with Gasteiger partial charge >= 0.3 is 0 Å². The van der Waals surface area contributed by atoms with Crippen LogP contribution in [0, 0.1) is 0 Å². The van der Waals surface area contributed by atoms with Crippen molar-refractivity contribution in [3.05, 3.63) is 72.3 Å². The first-order valence-corrected chi connectivity index (χ1v) is 8.21. The van der Waals surface area contributed by atoms with Gasteiger partial charge in [0.15, 0.2) is 0 Å². The van der Waals surface area contributed by atoms with Gasteiger partial charge in [0.1, 0.15) is 16.9 Å². The van der Waals surface area contributed by atoms with E-state index in [1.807, 2.05) is 61.5 Å². The molecule has 0 spiro atoms. The number of ether oxygens (including phenoxy) is 1. The highest BCUT2D eigenvalue weighted by molar-refractivity contribution is 6.09. The predicted molar refractivity (Wildman–Crippen MR) is 99.3 cm³/mol. The summed E-state index contributed by atoms with van der Waals surface area (Å²) in [5.41, 5.74) is 2.87. The lowest BCUT2D eigenvalue weighted by Gasteiger charge is -2.10. The molecule has 25 heavy (non-hydrogen) atoms. The van der Waals surface area contributed by atoms with Crippen molar-refractivity contribution in [2.45, 2.75) is 6.92 Å². The number of amides is 1. The van der Waals surface area contributed by atoms with E-state index in [4.69, 9.17) is 9.15 Å². The highest BCUT2D eigenvalue weighted by atomic mass is 16.5. The molecule has 0 aliphatic rings. The number of hydrogen-bond acceptors (Lipinski definition) is 3. The number of furan rings is 1. The number of carbonyl (C=O) groups excluding carboxylic acids is 1. The number of benzene rings is 3. The molecular formula is C21H17NO3. The fourth-order valence-electron chi connectivity index (χ4n) is 2.94. The zero-order chi connectivity index (χ0) is 17.2. The number of hydrogen-bond donors (Lipinski definition) is 1. The van der Waals surface area contributed by atoms with Crippen LogP contribution in [0.15, 0.2) is 71.1 Å². The van der Waals surface area contributed by atoms with Crippen molar-refractivity contribution in [3.8, 4) is 5.75 Å². The van der Waals surface area contributed by atoms with Crippen LogP contribution in [0.25, 0.3) is 21.9 Å². The molecule has 0 saturated heterocycles. The summed E-state index contributed by atoms with van der Waals surface area (Å²) in [5, 5.41) is 4.95. The number of anilines is 1. The van der Waals surface area contributed by atoms with Crippen molar-refractivity contribution in [1.82, 2.24) is 0 Å². The number of fused-ring (bicyclic) bond motifs is 3. The molecular weight excluding hydrogens is 314 g/mol. The van der Waals surface area contributed by atoms with Gasteiger partial charge in [-0.1, -0.05) is 30.3 Å². The Morgan fingerprint density at radius 2 is 1.72 bits per heavy atom. The molecule has 1 heterocycles. The quantitative estimate of drug-likeness (QED) is 0.556. The van der Waals surface area contributed by atoms with Crippen LogP contribution in [0.2, 0.25) is 0 Å². The SMILES string of the molecule is CCOc1ccccc1C(=O)Nc1ccc2oc3ccccc3c2c1. The highest BCUT2D eigenvalue weighted by Crippen LogP contribution is 2.30. The zero-order valence-electron chi connectivity index (χ0n) is 13.8. The van der Waals surface area contributed by atoms with Crippen molar-refractivity contribution >= 4 is 33.5 Å². The van der Waals surface area contributed by atoms with Crippen molar-refractivity contribution in [2.75, 3.05) is 11.9 Å². The Balaban J connectivity index is 1.68. The molecule has 0 fully saturated rings. The second kappa shape index (κ2) is 6.32. The lowest BCUT2D eigenvalue weighted by molar-refractivity contribution is 0.102. The van der Waals surface area contributed by atoms with E-state index >= 15 is 0 Å². The summed E-state index contributed by atoms with van der Waals surface area (Å²) in [4.78, 5) is 12.6. The Hall–Kier alpha value is -3.27. The van der Waals surface area contributed by atoms with E-state index in [2.05, 4.69) is 5.32 Å². The van der Waals surface area contributed by atoms with Crippen molar-refractivity contribution in [1.29, 1.82) is 0 Å². The van der Waals surface area contributed by atoms with E-state index in [1.165, 1.54) is 0 Å². The molecule has 0 bridgehead atoms. The van der Waals surface area contributed by atoms with Crippen LogP contribution in [0.4, 0.5) is 5.69 Å². The molecule has 0 atom stereocenters. The molecule has 0 unspecified atom stereocenters. The molecule has 1 N–H and O–H groups in total. The second-order valence-electron chi connectivity index (χ2n) is 5.69. The first-order chi connectivity index (χ1) is 12.3. The van der Waals surface area contributed by atoms with Gasteiger partial charge in [0.2, 0.25) is 0 Å². The van der Waals surface area contributed by atoms with E-state index in [0.29, 0.717) is 17.9 Å². The number of rotatable bonds is 4. The van der Waals surface area contributed by atoms with Gasteiger partial charge in [-0.15, -0.1) is 0 Å². The monoisotopic (exact) mass is 331 g/mol. The van der Waals surface area contributed by atoms with Crippen molar-refractivity contribution in [2.24, 2.45) is 0 Å². The topological polar surface area (TPSA) is 51.5 Å². The van der Waals surface area contributed by atoms with Crippen LogP contribution in [0.3, 0.4) is 0 Å². The normalized spacial score (nSPS) is 10.9. The maximum absolute atomic E-state index is 12.6. The first kappa shape index (κ1) is 15.3. The molecule has 1 aromatic heterocycles. The summed E-state index contributed by atoms with van der Waals surface area (Å²) in [6, 6.07) is 20.7. The third-order valence-electron chi connectivity index (χ3n) is 4.07. The van der Waals surface area contributed by atoms with Crippen LogP contribution in [0.5, 0.6) is 5.75 Å². The number of para-hydroxylation sites is 2. The Morgan fingerprint density at radius 1 is 0.960 bits per heavy atom. The van der Waals surface area contributed by atoms with E-state index in [1.54, 1.807) is 12.1 Å². The van der Waals surface area contributed by atoms with Crippen molar-refractivity contribution in [3.63, 3.8) is 0 Å². The Bertz CT molecular complexity index is 1070. The molecule has 4 nitrogen and oxygen atoms in total. The minimum absolute atomic E-state index is 0.198. The lowest BCUT2D eigenvalue weighted by Crippen LogP contribution is -2.13. The van der Waals surface area contributed by atoms with Gasteiger partial charge in [-0.05, 0) is 43.3 Å². The van der Waals surface area contributed by atoms with Gasteiger partial charge in [0, 0.05) is 16.5 Å². The van der Waals surface area contributed by atoms with Crippen molar-refractivity contribution < 1.29 is 13.9 Å². The maximum Gasteiger partial charge on any atom is 0.259 e. The summed E-state index contributed by atoms with van der Waals surface area (Å²) in [5.74, 6) is 0.383. The third kappa shape index (κ3) is 2.83. The van der Waals surface area contributed by atoms with E-state index < -0.39 is 0 Å². The lowest BCUT2D eigenvalue weighted by atomic mass is 10.1. The van der Waals surface area contributed by atoms with Crippen LogP contribution < -0.4 is 10.1 Å². The molecule has 4 rings (SSSR count). The largest absolute Gasteiger partial charge is 0.493 e. The van der Waals surface area contributed by atoms with Gasteiger partial charge in [-0.2, -0.15) is 0 Å². The average molecular weight is 331 g/mol. The van der Waals surface area contributed by atoms with Gasteiger partial charge in [0.25, 0.3) is 5.91 Å². The smallest absolute Gasteiger partial charge is 0.259 e. The fraction of sp³-hybridized carbons (Fsp3) is 0.0952. The first-order valence-electron chi connectivity index (χ1n) is 8.21. The molecule has 0 aliphatic carbocycles. The fourth-order valence-corrected chi connectivity index (χ4v) is 2.94. The minimum atomic E-state index is -0.198. The van der Waals surface area contributed by atoms with Crippen LogP contribution >= 0.6 is 0 Å². The van der Waals surface area contributed by atoms with Crippen LogP contribution in [-0.4, -0.2) is 12.5 Å². The Kier molecular flexibility index (Phi) is 3.86. The van der Waals surface area contributed by atoms with Gasteiger partial charge in [-0.25, -0.2) is 0 Å². The van der Waals surface area contributed by atoms with Gasteiger partial charge < -0.3 is 14.5 Å². The molecule has 124 valence electrons. The molecule has 4 heteroatoms. The predicted octanol–water partition coefficient (Wildman–Crippen LogP) is 5.24. The molecule has 0 radical (unpaired) electrons. The Morgan fingerprint density at radius 3 is 2.60 bits per heavy atom. The highest BCUT2D eigenvalue weighted by Gasteiger charge is 2.13. The molecule has 4 aromatic rings. The summed E-state index contributed by atoms with van der Waals surface area (Å²) < 4.78 is 11.4. The Labute approximate surface area is 145 Å². The number of carbonyl (C=O) groups is 1. The van der Waals surface area contributed by atoms with Gasteiger partial charge in [-0.3, -0.25) is 4.79 Å². The van der Waals surface area contributed by atoms with Crippen LogP contribution in [-0.2, 0) is 0 Å². The van der Waals surface area contributed by atoms with Crippen LogP contribution in [0.1, 0.15) is 17.3 Å². The van der Waals surface area contributed by atoms with E-state index in [9.17, 15) is 4.79 Å². The summed E-state index contributed by atoms with van der Waals surface area (Å²) in [6.45, 7) is 2.41. The summed E-state index contributed by atoms with van der Waals surface area (Å²) >= 11 is 0. The molecule has 0 saturated carbocycles. The van der Waals surface area contributed by atoms with E-state index in [-0.39, 0.29) is 5.91 Å². The second-order valence-corrected chi connectivity index (χ2v) is 5.69. The summed E-state index contributed by atoms with van der Waals surface area (Å²) in [7, 11) is 0. The molecule has 0 aliphatic heterocycles. The minimum Gasteiger partial charge on any atom is -0.493 e. The third-order valence-corrected chi connectivity index (χ3v) is 4.07. The zero-order valence-corrected chi connectivity index (χ0v) is 13.8. The standard InChI is InChI=1S/C21H17NO3/c1-2-24-18-9-5-4-8-16(18)21(23)22-14-11-12-20-17(13-14)15-7-3-6-10-19(15)25-20/h3-13H,2H2,1H3,(H,22,23). The van der Waals surface area contributed by atoms with E-state index in [0.717, 1.165) is 27.6 Å². The van der Waals surface area contributed by atoms with Gasteiger partial charge in [0.05, 0.1) is 12.2 Å².